The van der Waals surface area contributed by atoms with Gasteiger partial charge in [0, 0.05) is 4.90 Å². The lowest BCUT2D eigenvalue weighted by atomic mass is 9.79. The van der Waals surface area contributed by atoms with Gasteiger partial charge >= 0.3 is 5.97 Å². The first-order valence-corrected chi connectivity index (χ1v) is 7.21. The van der Waals surface area contributed by atoms with Gasteiger partial charge in [0.2, 0.25) is 0 Å². The minimum absolute atomic E-state index is 0.627. The fraction of sp³-hybridized carbons (Fsp3) is 0.500. The standard InChI is InChI=1S/C14H18O2S/c1-10-5-6-11(9-12(10)17-2)14(13(15)16)7-3-4-8-14/h5-6,9H,3-4,7-8H2,1-2H3,(H,15,16). The summed E-state index contributed by atoms with van der Waals surface area (Å²) in [6.07, 6.45) is 5.64. The second-order valence-electron chi connectivity index (χ2n) is 4.78. The lowest BCUT2D eigenvalue weighted by Gasteiger charge is -2.25. The summed E-state index contributed by atoms with van der Waals surface area (Å²) < 4.78 is 0. The Morgan fingerprint density at radius 2 is 2.00 bits per heavy atom. The van der Waals surface area contributed by atoms with Crippen molar-refractivity contribution in [3.8, 4) is 0 Å². The van der Waals surface area contributed by atoms with Crippen LogP contribution in [0.15, 0.2) is 23.1 Å². The lowest BCUT2D eigenvalue weighted by Crippen LogP contribution is -2.32. The predicted octanol–water partition coefficient (Wildman–Crippen LogP) is 3.61. The van der Waals surface area contributed by atoms with Crippen molar-refractivity contribution in [2.45, 2.75) is 42.9 Å². The Balaban J connectivity index is 2.47. The van der Waals surface area contributed by atoms with E-state index in [0.29, 0.717) is 0 Å². The highest BCUT2D eigenvalue weighted by Gasteiger charge is 2.42. The molecule has 0 unspecified atom stereocenters. The van der Waals surface area contributed by atoms with Gasteiger partial charge in [0.1, 0.15) is 0 Å². The van der Waals surface area contributed by atoms with Crippen molar-refractivity contribution >= 4 is 17.7 Å². The molecule has 1 saturated carbocycles. The molecular weight excluding hydrogens is 232 g/mol. The first-order valence-electron chi connectivity index (χ1n) is 5.99. The van der Waals surface area contributed by atoms with Crippen LogP contribution >= 0.6 is 11.8 Å². The molecule has 3 heteroatoms. The minimum atomic E-state index is -0.661. The molecule has 92 valence electrons. The molecule has 0 heterocycles. The number of benzene rings is 1. The molecule has 1 aliphatic carbocycles. The predicted molar refractivity (Wildman–Crippen MR) is 70.7 cm³/mol. The summed E-state index contributed by atoms with van der Waals surface area (Å²) in [5.41, 5.74) is 1.58. The number of aliphatic carboxylic acids is 1. The van der Waals surface area contributed by atoms with Gasteiger partial charge in [-0.05, 0) is 43.2 Å². The normalized spacial score (nSPS) is 18.2. The van der Waals surface area contributed by atoms with Crippen LogP contribution in [-0.4, -0.2) is 17.3 Å². The van der Waals surface area contributed by atoms with Crippen molar-refractivity contribution < 1.29 is 9.90 Å². The fourth-order valence-electron chi connectivity index (χ4n) is 2.72. The number of carboxylic acid groups (broad SMARTS) is 1. The molecule has 2 nitrogen and oxygen atoms in total. The summed E-state index contributed by atoms with van der Waals surface area (Å²) in [5.74, 6) is -0.661. The average molecular weight is 250 g/mol. The molecule has 1 aromatic carbocycles. The summed E-state index contributed by atoms with van der Waals surface area (Å²) in [7, 11) is 0. The average Bonchev–Trinajstić information content (AvgIpc) is 2.80. The zero-order valence-electron chi connectivity index (χ0n) is 10.3. The van der Waals surface area contributed by atoms with Gasteiger partial charge in [-0.15, -0.1) is 11.8 Å². The van der Waals surface area contributed by atoms with Gasteiger partial charge in [-0.25, -0.2) is 0 Å². The van der Waals surface area contributed by atoms with E-state index in [-0.39, 0.29) is 0 Å². The van der Waals surface area contributed by atoms with Gasteiger partial charge in [-0.2, -0.15) is 0 Å². The molecule has 0 aliphatic heterocycles. The number of carboxylic acids is 1. The van der Waals surface area contributed by atoms with Crippen molar-refractivity contribution in [3.05, 3.63) is 29.3 Å². The van der Waals surface area contributed by atoms with Crippen LogP contribution in [0.2, 0.25) is 0 Å². The van der Waals surface area contributed by atoms with Crippen LogP contribution in [-0.2, 0) is 10.2 Å². The quantitative estimate of drug-likeness (QED) is 0.833. The first-order chi connectivity index (χ1) is 8.10. The maximum absolute atomic E-state index is 11.6. The minimum Gasteiger partial charge on any atom is -0.481 e. The monoisotopic (exact) mass is 250 g/mol. The van der Waals surface area contributed by atoms with E-state index in [1.165, 1.54) is 10.5 Å². The lowest BCUT2D eigenvalue weighted by molar-refractivity contribution is -0.143. The molecule has 2 rings (SSSR count). The van der Waals surface area contributed by atoms with Gasteiger partial charge in [0.25, 0.3) is 0 Å². The Hall–Kier alpha value is -0.960. The SMILES string of the molecule is CSc1cc(C2(C(=O)O)CCCC2)ccc1C. The van der Waals surface area contributed by atoms with Gasteiger partial charge in [-0.3, -0.25) is 4.79 Å². The molecule has 0 aromatic heterocycles. The molecular formula is C14H18O2S. The van der Waals surface area contributed by atoms with E-state index in [2.05, 4.69) is 13.0 Å². The first kappa shape index (κ1) is 12.5. The van der Waals surface area contributed by atoms with Crippen LogP contribution in [0.25, 0.3) is 0 Å². The van der Waals surface area contributed by atoms with Gasteiger partial charge in [0.15, 0.2) is 0 Å². The van der Waals surface area contributed by atoms with E-state index in [1.54, 1.807) is 11.8 Å². The third kappa shape index (κ3) is 2.08. The molecule has 0 saturated heterocycles. The molecule has 1 fully saturated rings. The van der Waals surface area contributed by atoms with Gasteiger partial charge < -0.3 is 5.11 Å². The largest absolute Gasteiger partial charge is 0.481 e. The number of aryl methyl sites for hydroxylation is 1. The van der Waals surface area contributed by atoms with Crippen LogP contribution in [0, 0.1) is 6.92 Å². The number of hydrogen-bond donors (Lipinski definition) is 1. The van der Waals surface area contributed by atoms with E-state index < -0.39 is 11.4 Å². The summed E-state index contributed by atoms with van der Waals surface area (Å²) >= 11 is 1.69. The highest BCUT2D eigenvalue weighted by Crippen LogP contribution is 2.42. The van der Waals surface area contributed by atoms with Crippen molar-refractivity contribution in [2.24, 2.45) is 0 Å². The van der Waals surface area contributed by atoms with Crippen LogP contribution in [0.4, 0.5) is 0 Å². The second-order valence-corrected chi connectivity index (χ2v) is 5.63. The number of rotatable bonds is 3. The molecule has 0 spiro atoms. The van der Waals surface area contributed by atoms with Gasteiger partial charge in [-0.1, -0.05) is 25.0 Å². The number of carbonyl (C=O) groups is 1. The fourth-order valence-corrected chi connectivity index (χ4v) is 3.36. The smallest absolute Gasteiger partial charge is 0.314 e. The van der Waals surface area contributed by atoms with Crippen LogP contribution in [0.1, 0.15) is 36.8 Å². The van der Waals surface area contributed by atoms with Crippen molar-refractivity contribution in [1.29, 1.82) is 0 Å². The second kappa shape index (κ2) is 4.73. The maximum atomic E-state index is 11.6. The molecule has 1 aliphatic rings. The Labute approximate surface area is 106 Å². The van der Waals surface area contributed by atoms with E-state index in [9.17, 15) is 9.90 Å². The third-order valence-corrected chi connectivity index (χ3v) is 4.71. The molecule has 0 radical (unpaired) electrons. The van der Waals surface area contributed by atoms with E-state index in [0.717, 1.165) is 31.2 Å². The Morgan fingerprint density at radius 1 is 1.35 bits per heavy atom. The Bertz CT molecular complexity index is 434. The van der Waals surface area contributed by atoms with Crippen molar-refractivity contribution in [2.75, 3.05) is 6.26 Å². The zero-order chi connectivity index (χ0) is 12.5. The third-order valence-electron chi connectivity index (χ3n) is 3.83. The summed E-state index contributed by atoms with van der Waals surface area (Å²) in [6.45, 7) is 2.07. The molecule has 0 atom stereocenters. The zero-order valence-corrected chi connectivity index (χ0v) is 11.1. The summed E-state index contributed by atoms with van der Waals surface area (Å²) in [6, 6.07) is 6.11. The maximum Gasteiger partial charge on any atom is 0.314 e. The molecule has 17 heavy (non-hydrogen) atoms. The van der Waals surface area contributed by atoms with Crippen LogP contribution in [0.3, 0.4) is 0 Å². The number of thioether (sulfide) groups is 1. The molecule has 1 N–H and O–H groups in total. The highest BCUT2D eigenvalue weighted by molar-refractivity contribution is 7.98. The molecule has 1 aromatic rings. The Morgan fingerprint density at radius 3 is 2.53 bits per heavy atom. The van der Waals surface area contributed by atoms with Crippen molar-refractivity contribution in [1.82, 2.24) is 0 Å². The number of hydrogen-bond acceptors (Lipinski definition) is 2. The topological polar surface area (TPSA) is 37.3 Å². The van der Waals surface area contributed by atoms with Crippen LogP contribution < -0.4 is 0 Å². The van der Waals surface area contributed by atoms with E-state index in [1.807, 2.05) is 18.4 Å². The van der Waals surface area contributed by atoms with Gasteiger partial charge in [0.05, 0.1) is 5.41 Å². The summed E-state index contributed by atoms with van der Waals surface area (Å²) in [5, 5.41) is 9.54. The summed E-state index contributed by atoms with van der Waals surface area (Å²) in [4.78, 5) is 12.8. The molecule has 0 amide bonds. The molecule has 0 bridgehead atoms. The van der Waals surface area contributed by atoms with E-state index in [4.69, 9.17) is 0 Å². The van der Waals surface area contributed by atoms with E-state index >= 15 is 0 Å². The van der Waals surface area contributed by atoms with Crippen molar-refractivity contribution in [3.63, 3.8) is 0 Å². The highest BCUT2D eigenvalue weighted by atomic mass is 32.2. The van der Waals surface area contributed by atoms with Crippen LogP contribution in [0.5, 0.6) is 0 Å². The Kier molecular flexibility index (Phi) is 3.48.